The highest BCUT2D eigenvalue weighted by Gasteiger charge is 2.23. The normalized spacial score (nSPS) is 22.7. The van der Waals surface area contributed by atoms with Gasteiger partial charge in [0.25, 0.3) is 0 Å². The Bertz CT molecular complexity index is 432. The van der Waals surface area contributed by atoms with E-state index in [1.165, 1.54) is 49.7 Å². The fourth-order valence-corrected chi connectivity index (χ4v) is 3.81. The molecule has 0 amide bonds. The molecule has 0 spiro atoms. The van der Waals surface area contributed by atoms with Crippen LogP contribution in [0.5, 0.6) is 0 Å². The molecule has 1 aliphatic carbocycles. The van der Waals surface area contributed by atoms with Crippen molar-refractivity contribution in [3.63, 3.8) is 0 Å². The summed E-state index contributed by atoms with van der Waals surface area (Å²) >= 11 is 0. The summed E-state index contributed by atoms with van der Waals surface area (Å²) in [6.45, 7) is 7.02. The van der Waals surface area contributed by atoms with E-state index < -0.39 is 0 Å². The molecule has 1 aliphatic rings. The lowest BCUT2D eigenvalue weighted by atomic mass is 9.78. The number of aliphatic hydroxyl groups excluding tert-OH is 1. The number of hydrogen-bond acceptors (Lipinski definition) is 1. The number of hydrogen-bond donors (Lipinski definition) is 1. The van der Waals surface area contributed by atoms with Crippen LogP contribution in [0.2, 0.25) is 0 Å². The molecule has 1 aromatic rings. The summed E-state index contributed by atoms with van der Waals surface area (Å²) in [6.07, 6.45) is 10.9. The van der Waals surface area contributed by atoms with E-state index in [1.54, 1.807) is 0 Å². The van der Waals surface area contributed by atoms with Gasteiger partial charge in [-0.05, 0) is 48.1 Å². The predicted octanol–water partition coefficient (Wildman–Crippen LogP) is 5.95. The first-order valence-corrected chi connectivity index (χ1v) is 9.31. The second-order valence-corrected chi connectivity index (χ2v) is 7.83. The maximum Gasteiger partial charge on any atom is 0.0546 e. The molecule has 1 aromatic carbocycles. The first kappa shape index (κ1) is 17.5. The van der Waals surface area contributed by atoms with E-state index in [0.717, 1.165) is 19.3 Å². The van der Waals surface area contributed by atoms with E-state index in [4.69, 9.17) is 0 Å². The SMILES string of the molecule is CCCCCCC(C)(C)c1ccc([C@@H]2CCC[C@@H](O)C2)cc1. The highest BCUT2D eigenvalue weighted by molar-refractivity contribution is 5.30. The third kappa shape index (κ3) is 4.84. The molecule has 2 atom stereocenters. The fourth-order valence-electron chi connectivity index (χ4n) is 3.81. The summed E-state index contributed by atoms with van der Waals surface area (Å²) in [5.41, 5.74) is 3.16. The van der Waals surface area contributed by atoms with Gasteiger partial charge in [-0.2, -0.15) is 0 Å². The van der Waals surface area contributed by atoms with Crippen molar-refractivity contribution in [3.05, 3.63) is 35.4 Å². The molecule has 1 nitrogen and oxygen atoms in total. The molecule has 1 N–H and O–H groups in total. The average Bonchev–Trinajstić information content (AvgIpc) is 2.52. The molecule has 0 aromatic heterocycles. The Morgan fingerprint density at radius 1 is 1.05 bits per heavy atom. The smallest absolute Gasteiger partial charge is 0.0546 e. The summed E-state index contributed by atoms with van der Waals surface area (Å²) < 4.78 is 0. The van der Waals surface area contributed by atoms with Crippen LogP contribution in [0, 0.1) is 0 Å². The van der Waals surface area contributed by atoms with E-state index >= 15 is 0 Å². The second-order valence-electron chi connectivity index (χ2n) is 7.83. The van der Waals surface area contributed by atoms with Crippen molar-refractivity contribution in [2.45, 2.75) is 96.0 Å². The lowest BCUT2D eigenvalue weighted by Crippen LogP contribution is -2.19. The van der Waals surface area contributed by atoms with Gasteiger partial charge >= 0.3 is 0 Å². The number of benzene rings is 1. The van der Waals surface area contributed by atoms with Crippen molar-refractivity contribution in [1.82, 2.24) is 0 Å². The molecular formula is C21H34O. The minimum absolute atomic E-state index is 0.0894. The van der Waals surface area contributed by atoms with Crippen molar-refractivity contribution >= 4 is 0 Å². The summed E-state index contributed by atoms with van der Waals surface area (Å²) in [6, 6.07) is 9.28. The zero-order valence-electron chi connectivity index (χ0n) is 14.8. The average molecular weight is 303 g/mol. The summed E-state index contributed by atoms with van der Waals surface area (Å²) in [5, 5.41) is 9.87. The Morgan fingerprint density at radius 3 is 2.41 bits per heavy atom. The first-order valence-electron chi connectivity index (χ1n) is 9.31. The molecule has 1 fully saturated rings. The Hall–Kier alpha value is -0.820. The van der Waals surface area contributed by atoms with Gasteiger partial charge in [-0.15, -0.1) is 0 Å². The van der Waals surface area contributed by atoms with Gasteiger partial charge in [0.1, 0.15) is 0 Å². The largest absolute Gasteiger partial charge is 0.393 e. The van der Waals surface area contributed by atoms with Crippen LogP contribution >= 0.6 is 0 Å². The van der Waals surface area contributed by atoms with Crippen molar-refractivity contribution in [2.75, 3.05) is 0 Å². The van der Waals surface area contributed by atoms with E-state index in [2.05, 4.69) is 45.0 Å². The molecule has 0 saturated heterocycles. The Balaban J connectivity index is 1.95. The molecule has 0 heterocycles. The van der Waals surface area contributed by atoms with Crippen LogP contribution in [0.15, 0.2) is 24.3 Å². The minimum atomic E-state index is -0.0894. The van der Waals surface area contributed by atoms with Gasteiger partial charge in [-0.25, -0.2) is 0 Å². The first-order chi connectivity index (χ1) is 10.5. The van der Waals surface area contributed by atoms with E-state index in [0.29, 0.717) is 5.92 Å². The topological polar surface area (TPSA) is 20.2 Å². The summed E-state index contributed by atoms with van der Waals surface area (Å²) in [5.74, 6) is 0.561. The van der Waals surface area contributed by atoms with Crippen LogP contribution in [-0.2, 0) is 5.41 Å². The van der Waals surface area contributed by atoms with Gasteiger partial charge in [0.2, 0.25) is 0 Å². The van der Waals surface area contributed by atoms with Crippen molar-refractivity contribution < 1.29 is 5.11 Å². The van der Waals surface area contributed by atoms with Crippen LogP contribution < -0.4 is 0 Å². The van der Waals surface area contributed by atoms with Gasteiger partial charge in [-0.3, -0.25) is 0 Å². The van der Waals surface area contributed by atoms with Crippen LogP contribution in [0.25, 0.3) is 0 Å². The third-order valence-corrected chi connectivity index (χ3v) is 5.47. The zero-order valence-corrected chi connectivity index (χ0v) is 14.8. The molecule has 0 aliphatic heterocycles. The minimum Gasteiger partial charge on any atom is -0.393 e. The Labute approximate surface area is 137 Å². The molecule has 1 saturated carbocycles. The van der Waals surface area contributed by atoms with Gasteiger partial charge in [0, 0.05) is 0 Å². The van der Waals surface area contributed by atoms with E-state index in [1.807, 2.05) is 0 Å². The van der Waals surface area contributed by atoms with Crippen LogP contribution in [0.1, 0.15) is 95.6 Å². The summed E-state index contributed by atoms with van der Waals surface area (Å²) in [7, 11) is 0. The highest BCUT2D eigenvalue weighted by atomic mass is 16.3. The monoisotopic (exact) mass is 302 g/mol. The third-order valence-electron chi connectivity index (χ3n) is 5.47. The predicted molar refractivity (Wildman–Crippen MR) is 95.4 cm³/mol. The molecule has 0 bridgehead atoms. The van der Waals surface area contributed by atoms with E-state index in [-0.39, 0.29) is 11.5 Å². The molecule has 0 radical (unpaired) electrons. The molecule has 0 unspecified atom stereocenters. The van der Waals surface area contributed by atoms with Gasteiger partial charge in [-0.1, -0.05) is 77.1 Å². The number of unbranched alkanes of at least 4 members (excludes halogenated alkanes) is 3. The molecule has 124 valence electrons. The fraction of sp³-hybridized carbons (Fsp3) is 0.714. The lowest BCUT2D eigenvalue weighted by Gasteiger charge is -2.28. The standard InChI is InChI=1S/C21H34O/c1-4-5-6-7-15-21(2,3)19-13-11-17(12-14-19)18-9-8-10-20(22)16-18/h11-14,18,20,22H,4-10,15-16H2,1-3H3/t18-,20-/m1/s1. The summed E-state index contributed by atoms with van der Waals surface area (Å²) in [4.78, 5) is 0. The van der Waals surface area contributed by atoms with Crippen molar-refractivity contribution in [3.8, 4) is 0 Å². The van der Waals surface area contributed by atoms with E-state index in [9.17, 15) is 5.11 Å². The van der Waals surface area contributed by atoms with Gasteiger partial charge in [0.15, 0.2) is 0 Å². The lowest BCUT2D eigenvalue weighted by molar-refractivity contribution is 0.119. The molecular weight excluding hydrogens is 268 g/mol. The Morgan fingerprint density at radius 2 is 1.77 bits per heavy atom. The van der Waals surface area contributed by atoms with Crippen molar-refractivity contribution in [2.24, 2.45) is 0 Å². The second kappa shape index (κ2) is 8.15. The van der Waals surface area contributed by atoms with Crippen molar-refractivity contribution in [1.29, 1.82) is 0 Å². The maximum atomic E-state index is 9.87. The number of rotatable bonds is 7. The highest BCUT2D eigenvalue weighted by Crippen LogP contribution is 2.35. The van der Waals surface area contributed by atoms with Crippen LogP contribution in [0.3, 0.4) is 0 Å². The van der Waals surface area contributed by atoms with Crippen LogP contribution in [0.4, 0.5) is 0 Å². The van der Waals surface area contributed by atoms with Crippen LogP contribution in [-0.4, -0.2) is 11.2 Å². The number of aliphatic hydroxyl groups is 1. The van der Waals surface area contributed by atoms with Gasteiger partial charge in [0.05, 0.1) is 6.10 Å². The quantitative estimate of drug-likeness (QED) is 0.617. The molecule has 1 heteroatoms. The molecule has 22 heavy (non-hydrogen) atoms. The maximum absolute atomic E-state index is 9.87. The Kier molecular flexibility index (Phi) is 6.50. The molecule has 2 rings (SSSR count). The van der Waals surface area contributed by atoms with Gasteiger partial charge < -0.3 is 5.11 Å². The zero-order chi connectivity index (χ0) is 16.0.